The summed E-state index contributed by atoms with van der Waals surface area (Å²) in [5.41, 5.74) is 4.53. The largest absolute Gasteiger partial charge is 0.451 e. The highest BCUT2D eigenvalue weighted by atomic mass is 79.9. The zero-order valence-electron chi connectivity index (χ0n) is 14.3. The molecule has 3 heterocycles. The Bertz CT molecular complexity index is 1170. The van der Waals surface area contributed by atoms with Crippen LogP contribution in [0.15, 0.2) is 57.4 Å². The lowest BCUT2D eigenvalue weighted by atomic mass is 10.0. The Balaban J connectivity index is 1.50. The lowest BCUT2D eigenvalue weighted by Crippen LogP contribution is -2.36. The SMILES string of the molecule is Cn1c2c(c3ccccc31)CCN(C(=O)c1cc3cc(Br)ccc3o1)C2. The molecule has 0 aliphatic carbocycles. The molecule has 0 spiro atoms. The number of fused-ring (bicyclic) bond motifs is 4. The topological polar surface area (TPSA) is 38.4 Å². The summed E-state index contributed by atoms with van der Waals surface area (Å²) in [7, 11) is 2.08. The Morgan fingerprint density at radius 1 is 1.15 bits per heavy atom. The highest BCUT2D eigenvalue weighted by Gasteiger charge is 2.27. The maximum atomic E-state index is 13.0. The van der Waals surface area contributed by atoms with E-state index in [2.05, 4.69) is 51.8 Å². The van der Waals surface area contributed by atoms with Crippen molar-refractivity contribution in [1.29, 1.82) is 0 Å². The van der Waals surface area contributed by atoms with E-state index < -0.39 is 0 Å². The Labute approximate surface area is 159 Å². The molecule has 0 bridgehead atoms. The minimum Gasteiger partial charge on any atom is -0.451 e. The standard InChI is InChI=1S/C21H17BrN2O2/c1-23-17-5-3-2-4-15(17)16-8-9-24(12-18(16)23)21(25)20-11-13-10-14(22)6-7-19(13)26-20/h2-7,10-11H,8-9,12H2,1H3. The lowest BCUT2D eigenvalue weighted by Gasteiger charge is -2.27. The molecule has 0 unspecified atom stereocenters. The van der Waals surface area contributed by atoms with Gasteiger partial charge in [-0.05, 0) is 42.3 Å². The number of hydrogen-bond donors (Lipinski definition) is 0. The first-order valence-electron chi connectivity index (χ1n) is 8.65. The summed E-state index contributed by atoms with van der Waals surface area (Å²) in [6, 6.07) is 16.0. The quantitative estimate of drug-likeness (QED) is 0.449. The number of aryl methyl sites for hydroxylation is 1. The molecule has 0 saturated heterocycles. The monoisotopic (exact) mass is 408 g/mol. The molecule has 4 nitrogen and oxygen atoms in total. The van der Waals surface area contributed by atoms with Crippen molar-refractivity contribution in [3.63, 3.8) is 0 Å². The predicted octanol–water partition coefficient (Wildman–Crippen LogP) is 4.89. The maximum Gasteiger partial charge on any atom is 0.289 e. The number of carbonyl (C=O) groups is 1. The van der Waals surface area contributed by atoms with Crippen molar-refractivity contribution in [2.75, 3.05) is 6.54 Å². The van der Waals surface area contributed by atoms with E-state index in [0.717, 1.165) is 21.9 Å². The van der Waals surface area contributed by atoms with Crippen LogP contribution in [0.25, 0.3) is 21.9 Å². The summed E-state index contributed by atoms with van der Waals surface area (Å²) in [6.07, 6.45) is 0.869. The van der Waals surface area contributed by atoms with E-state index in [9.17, 15) is 4.79 Å². The van der Waals surface area contributed by atoms with Gasteiger partial charge in [0.25, 0.3) is 5.91 Å². The van der Waals surface area contributed by atoms with Gasteiger partial charge in [-0.2, -0.15) is 0 Å². The zero-order chi connectivity index (χ0) is 17.8. The number of benzene rings is 2. The van der Waals surface area contributed by atoms with Crippen LogP contribution in [0.3, 0.4) is 0 Å². The van der Waals surface area contributed by atoms with E-state index in [0.29, 0.717) is 18.8 Å². The number of amides is 1. The third-order valence-electron chi connectivity index (χ3n) is 5.29. The smallest absolute Gasteiger partial charge is 0.289 e. The number of para-hydroxylation sites is 1. The third-order valence-corrected chi connectivity index (χ3v) is 5.79. The molecular weight excluding hydrogens is 392 g/mol. The van der Waals surface area contributed by atoms with Gasteiger partial charge in [-0.3, -0.25) is 4.79 Å². The molecule has 0 fully saturated rings. The van der Waals surface area contributed by atoms with Crippen molar-refractivity contribution in [2.45, 2.75) is 13.0 Å². The van der Waals surface area contributed by atoms with Crippen LogP contribution in [0.5, 0.6) is 0 Å². The molecule has 5 rings (SSSR count). The van der Waals surface area contributed by atoms with Crippen LogP contribution in [0.4, 0.5) is 0 Å². The van der Waals surface area contributed by atoms with E-state index in [4.69, 9.17) is 4.42 Å². The number of halogens is 1. The van der Waals surface area contributed by atoms with E-state index in [-0.39, 0.29) is 5.91 Å². The second kappa shape index (κ2) is 5.74. The molecule has 1 aliphatic heterocycles. The molecule has 26 heavy (non-hydrogen) atoms. The average Bonchev–Trinajstić information content (AvgIpc) is 3.20. The second-order valence-electron chi connectivity index (χ2n) is 6.77. The first-order chi connectivity index (χ1) is 12.6. The fourth-order valence-corrected chi connectivity index (χ4v) is 4.34. The van der Waals surface area contributed by atoms with Crippen LogP contribution in [-0.2, 0) is 20.0 Å². The van der Waals surface area contributed by atoms with Gasteiger partial charge >= 0.3 is 0 Å². The molecule has 5 heteroatoms. The third kappa shape index (κ3) is 2.31. The van der Waals surface area contributed by atoms with Crippen molar-refractivity contribution < 1.29 is 9.21 Å². The molecule has 0 saturated carbocycles. The summed E-state index contributed by atoms with van der Waals surface area (Å²) < 4.78 is 8.98. The number of carbonyl (C=O) groups excluding carboxylic acids is 1. The van der Waals surface area contributed by atoms with Gasteiger partial charge in [0, 0.05) is 40.0 Å². The zero-order valence-corrected chi connectivity index (χ0v) is 15.9. The second-order valence-corrected chi connectivity index (χ2v) is 7.69. The van der Waals surface area contributed by atoms with Gasteiger partial charge in [-0.25, -0.2) is 0 Å². The Morgan fingerprint density at radius 2 is 2.00 bits per heavy atom. The summed E-state index contributed by atoms with van der Waals surface area (Å²) in [6.45, 7) is 1.32. The van der Waals surface area contributed by atoms with Crippen molar-refractivity contribution in [2.24, 2.45) is 7.05 Å². The molecule has 1 amide bonds. The Morgan fingerprint density at radius 3 is 2.88 bits per heavy atom. The van der Waals surface area contributed by atoms with Crippen LogP contribution in [0.1, 0.15) is 21.8 Å². The van der Waals surface area contributed by atoms with Crippen LogP contribution in [-0.4, -0.2) is 21.9 Å². The number of hydrogen-bond acceptors (Lipinski definition) is 2. The highest BCUT2D eigenvalue weighted by molar-refractivity contribution is 9.10. The van der Waals surface area contributed by atoms with Gasteiger partial charge in [0.1, 0.15) is 5.58 Å². The molecule has 130 valence electrons. The number of furan rings is 1. The number of rotatable bonds is 1. The number of aromatic nitrogens is 1. The van der Waals surface area contributed by atoms with Gasteiger partial charge in [0.2, 0.25) is 0 Å². The fourth-order valence-electron chi connectivity index (χ4n) is 3.96. The van der Waals surface area contributed by atoms with Gasteiger partial charge in [0.15, 0.2) is 5.76 Å². The van der Waals surface area contributed by atoms with E-state index >= 15 is 0 Å². The summed E-state index contributed by atoms with van der Waals surface area (Å²) >= 11 is 3.46. The van der Waals surface area contributed by atoms with Gasteiger partial charge < -0.3 is 13.9 Å². The molecule has 0 N–H and O–H groups in total. The molecule has 1 aliphatic rings. The first-order valence-corrected chi connectivity index (χ1v) is 9.44. The molecular formula is C21H17BrN2O2. The first kappa shape index (κ1) is 15.7. The van der Waals surface area contributed by atoms with Crippen molar-refractivity contribution in [3.8, 4) is 0 Å². The van der Waals surface area contributed by atoms with Gasteiger partial charge in [-0.15, -0.1) is 0 Å². The van der Waals surface area contributed by atoms with Gasteiger partial charge in [-0.1, -0.05) is 34.1 Å². The highest BCUT2D eigenvalue weighted by Crippen LogP contribution is 2.31. The Hall–Kier alpha value is -2.53. The average molecular weight is 409 g/mol. The molecule has 0 radical (unpaired) electrons. The summed E-state index contributed by atoms with van der Waals surface area (Å²) in [4.78, 5) is 14.9. The summed E-state index contributed by atoms with van der Waals surface area (Å²) in [5, 5.41) is 2.23. The minimum atomic E-state index is -0.0479. The normalized spacial score (nSPS) is 14.2. The van der Waals surface area contributed by atoms with Crippen molar-refractivity contribution >= 4 is 43.7 Å². The van der Waals surface area contributed by atoms with Crippen LogP contribution < -0.4 is 0 Å². The van der Waals surface area contributed by atoms with Crippen LogP contribution in [0.2, 0.25) is 0 Å². The molecule has 2 aromatic carbocycles. The fraction of sp³-hybridized carbons (Fsp3) is 0.190. The molecule has 4 aromatic rings. The van der Waals surface area contributed by atoms with Gasteiger partial charge in [0.05, 0.1) is 6.54 Å². The lowest BCUT2D eigenvalue weighted by molar-refractivity contribution is 0.0701. The van der Waals surface area contributed by atoms with Crippen molar-refractivity contribution in [1.82, 2.24) is 9.47 Å². The van der Waals surface area contributed by atoms with E-state index in [1.807, 2.05) is 29.2 Å². The van der Waals surface area contributed by atoms with Crippen LogP contribution >= 0.6 is 15.9 Å². The Kier molecular flexibility index (Phi) is 3.47. The molecule has 0 atom stereocenters. The van der Waals surface area contributed by atoms with E-state index in [1.54, 1.807) is 0 Å². The molecule has 2 aromatic heterocycles. The van der Waals surface area contributed by atoms with Crippen molar-refractivity contribution in [3.05, 3.63) is 70.0 Å². The van der Waals surface area contributed by atoms with E-state index in [1.165, 1.54) is 22.2 Å². The number of nitrogens with zero attached hydrogens (tertiary/aromatic N) is 2. The maximum absolute atomic E-state index is 13.0. The van der Waals surface area contributed by atoms with Crippen LogP contribution in [0, 0.1) is 0 Å². The minimum absolute atomic E-state index is 0.0479. The summed E-state index contributed by atoms with van der Waals surface area (Å²) in [5.74, 6) is 0.355. The predicted molar refractivity (Wildman–Crippen MR) is 105 cm³/mol.